The molecule has 0 bridgehead atoms. The second-order valence-corrected chi connectivity index (χ2v) is 5.10. The van der Waals surface area contributed by atoms with E-state index in [-0.39, 0.29) is 29.8 Å². The molecule has 0 radical (unpaired) electrons. The largest absolute Gasteiger partial charge is 0.354 e. The first-order valence-electron chi connectivity index (χ1n) is 6.79. The molecule has 9 heteroatoms. The molecule has 2 rings (SSSR count). The van der Waals surface area contributed by atoms with Gasteiger partial charge in [0.15, 0.2) is 5.96 Å². The summed E-state index contributed by atoms with van der Waals surface area (Å²) in [5.41, 5.74) is 0.450. The fourth-order valence-corrected chi connectivity index (χ4v) is 2.23. The molecular formula is C14H19ClFIN6. The highest BCUT2D eigenvalue weighted by molar-refractivity contribution is 14.0. The van der Waals surface area contributed by atoms with Crippen molar-refractivity contribution in [3.8, 4) is 0 Å². The molecule has 0 saturated carbocycles. The van der Waals surface area contributed by atoms with Gasteiger partial charge >= 0.3 is 0 Å². The maximum atomic E-state index is 13.8. The van der Waals surface area contributed by atoms with Gasteiger partial charge in [-0.05, 0) is 12.1 Å². The summed E-state index contributed by atoms with van der Waals surface area (Å²) in [6.07, 6.45) is 3.13. The molecule has 1 aromatic heterocycles. The zero-order valence-electron chi connectivity index (χ0n) is 12.9. The summed E-state index contributed by atoms with van der Waals surface area (Å²) in [6, 6.07) is 4.66. The molecular weight excluding hydrogens is 434 g/mol. The second-order valence-electron chi connectivity index (χ2n) is 4.69. The Kier molecular flexibility index (Phi) is 8.24. The van der Waals surface area contributed by atoms with Gasteiger partial charge in [-0.1, -0.05) is 17.7 Å². The van der Waals surface area contributed by atoms with Crippen molar-refractivity contribution in [1.29, 1.82) is 0 Å². The van der Waals surface area contributed by atoms with Crippen LogP contribution in [-0.2, 0) is 13.1 Å². The number of guanidine groups is 1. The Labute approximate surface area is 156 Å². The third kappa shape index (κ3) is 5.61. The Bertz CT molecular complexity index is 614. The molecule has 1 N–H and O–H groups in total. The Morgan fingerprint density at radius 2 is 2.26 bits per heavy atom. The maximum absolute atomic E-state index is 13.8. The smallest absolute Gasteiger partial charge is 0.193 e. The third-order valence-corrected chi connectivity index (χ3v) is 3.48. The molecule has 1 aromatic carbocycles. The first-order chi connectivity index (χ1) is 10.6. The zero-order valence-corrected chi connectivity index (χ0v) is 16.0. The van der Waals surface area contributed by atoms with E-state index in [9.17, 15) is 4.39 Å². The highest BCUT2D eigenvalue weighted by atomic mass is 127. The van der Waals surface area contributed by atoms with Crippen LogP contribution in [0.2, 0.25) is 5.02 Å². The van der Waals surface area contributed by atoms with Crippen LogP contribution in [0, 0.1) is 5.82 Å². The number of hydrogen-bond donors (Lipinski definition) is 1. The minimum Gasteiger partial charge on any atom is -0.354 e. The number of nitrogens with zero attached hydrogens (tertiary/aromatic N) is 5. The van der Waals surface area contributed by atoms with Crippen molar-refractivity contribution in [3.05, 3.63) is 47.3 Å². The molecule has 0 saturated heterocycles. The molecule has 6 nitrogen and oxygen atoms in total. The average molecular weight is 453 g/mol. The standard InChI is InChI=1S/C14H18ClFN6.HI/c1-17-14(19-6-7-22-10-18-9-20-22)21(2)8-11-12(15)4-3-5-13(11)16;/h3-5,9-10H,6-8H2,1-2H3,(H,17,19);1H. The topological polar surface area (TPSA) is 58.3 Å². The van der Waals surface area contributed by atoms with Crippen LogP contribution in [0.25, 0.3) is 0 Å². The van der Waals surface area contributed by atoms with Crippen LogP contribution in [0.15, 0.2) is 35.8 Å². The van der Waals surface area contributed by atoms with E-state index in [1.165, 1.54) is 12.4 Å². The predicted molar refractivity (Wildman–Crippen MR) is 99.7 cm³/mol. The van der Waals surface area contributed by atoms with Crippen LogP contribution < -0.4 is 5.32 Å². The summed E-state index contributed by atoms with van der Waals surface area (Å²) in [5.74, 6) is 0.330. The fourth-order valence-electron chi connectivity index (χ4n) is 2.01. The lowest BCUT2D eigenvalue weighted by molar-refractivity contribution is 0.456. The van der Waals surface area contributed by atoms with Gasteiger partial charge in [0.05, 0.1) is 6.54 Å². The molecule has 23 heavy (non-hydrogen) atoms. The third-order valence-electron chi connectivity index (χ3n) is 3.12. The molecule has 0 amide bonds. The summed E-state index contributed by atoms with van der Waals surface area (Å²) >= 11 is 6.05. The van der Waals surface area contributed by atoms with Gasteiger partial charge in [0, 0.05) is 37.8 Å². The molecule has 0 aliphatic heterocycles. The molecule has 126 valence electrons. The summed E-state index contributed by atoms with van der Waals surface area (Å²) in [7, 11) is 3.50. The fraction of sp³-hybridized carbons (Fsp3) is 0.357. The highest BCUT2D eigenvalue weighted by Crippen LogP contribution is 2.20. The Morgan fingerprint density at radius 1 is 1.48 bits per heavy atom. The molecule has 0 atom stereocenters. The van der Waals surface area contributed by atoms with E-state index in [1.807, 2.05) is 11.9 Å². The van der Waals surface area contributed by atoms with Crippen molar-refractivity contribution in [2.45, 2.75) is 13.1 Å². The van der Waals surface area contributed by atoms with E-state index in [1.54, 1.807) is 30.2 Å². The number of aromatic nitrogens is 3. The number of benzene rings is 1. The van der Waals surface area contributed by atoms with Crippen molar-refractivity contribution >= 4 is 41.5 Å². The normalized spacial score (nSPS) is 11.0. The Morgan fingerprint density at radius 3 is 2.87 bits per heavy atom. The van der Waals surface area contributed by atoms with E-state index in [0.29, 0.717) is 36.2 Å². The Hall–Kier alpha value is -1.42. The van der Waals surface area contributed by atoms with Gasteiger partial charge in [-0.3, -0.25) is 9.67 Å². The van der Waals surface area contributed by atoms with Crippen LogP contribution in [0.4, 0.5) is 4.39 Å². The minimum atomic E-state index is -0.322. The van der Waals surface area contributed by atoms with Crippen LogP contribution >= 0.6 is 35.6 Å². The van der Waals surface area contributed by atoms with Crippen LogP contribution in [0.1, 0.15) is 5.56 Å². The van der Waals surface area contributed by atoms with E-state index >= 15 is 0 Å². The van der Waals surface area contributed by atoms with Gasteiger partial charge < -0.3 is 10.2 Å². The number of nitrogens with one attached hydrogen (secondary N) is 1. The summed E-state index contributed by atoms with van der Waals surface area (Å²) in [5, 5.41) is 7.62. The van der Waals surface area contributed by atoms with E-state index < -0.39 is 0 Å². The monoisotopic (exact) mass is 452 g/mol. The molecule has 0 spiro atoms. The average Bonchev–Trinajstić information content (AvgIpc) is 3.00. The SMILES string of the molecule is CN=C(NCCn1cncn1)N(C)Cc1c(F)cccc1Cl.I. The van der Waals surface area contributed by atoms with Gasteiger partial charge in [-0.15, -0.1) is 24.0 Å². The number of halogens is 3. The van der Waals surface area contributed by atoms with E-state index in [0.717, 1.165) is 0 Å². The minimum absolute atomic E-state index is 0. The summed E-state index contributed by atoms with van der Waals surface area (Å²) in [6.45, 7) is 1.62. The van der Waals surface area contributed by atoms with Gasteiger partial charge in [0.25, 0.3) is 0 Å². The molecule has 0 aliphatic rings. The first kappa shape index (κ1) is 19.6. The van der Waals surface area contributed by atoms with Gasteiger partial charge in [-0.2, -0.15) is 5.10 Å². The lowest BCUT2D eigenvalue weighted by Gasteiger charge is -2.22. The van der Waals surface area contributed by atoms with E-state index in [4.69, 9.17) is 11.6 Å². The molecule has 0 aliphatic carbocycles. The lowest BCUT2D eigenvalue weighted by Crippen LogP contribution is -2.40. The van der Waals surface area contributed by atoms with Crippen molar-refractivity contribution in [2.75, 3.05) is 20.6 Å². The van der Waals surface area contributed by atoms with Crippen LogP contribution in [-0.4, -0.2) is 46.3 Å². The van der Waals surface area contributed by atoms with Crippen molar-refractivity contribution < 1.29 is 4.39 Å². The molecule has 2 aromatic rings. The van der Waals surface area contributed by atoms with Gasteiger partial charge in [0.1, 0.15) is 18.5 Å². The number of hydrogen-bond acceptors (Lipinski definition) is 3. The second kappa shape index (κ2) is 9.66. The summed E-state index contributed by atoms with van der Waals surface area (Å²) in [4.78, 5) is 9.87. The van der Waals surface area contributed by atoms with E-state index in [2.05, 4.69) is 20.4 Å². The molecule has 0 fully saturated rings. The van der Waals surface area contributed by atoms with Crippen molar-refractivity contribution in [2.24, 2.45) is 4.99 Å². The number of rotatable bonds is 5. The lowest BCUT2D eigenvalue weighted by atomic mass is 10.2. The molecule has 0 unspecified atom stereocenters. The van der Waals surface area contributed by atoms with Crippen LogP contribution in [0.3, 0.4) is 0 Å². The van der Waals surface area contributed by atoms with Crippen LogP contribution in [0.5, 0.6) is 0 Å². The molecule has 1 heterocycles. The summed E-state index contributed by atoms with van der Waals surface area (Å²) < 4.78 is 15.5. The zero-order chi connectivity index (χ0) is 15.9. The quantitative estimate of drug-likeness (QED) is 0.430. The first-order valence-corrected chi connectivity index (χ1v) is 7.16. The van der Waals surface area contributed by atoms with Crippen molar-refractivity contribution in [1.82, 2.24) is 25.0 Å². The highest BCUT2D eigenvalue weighted by Gasteiger charge is 2.12. The van der Waals surface area contributed by atoms with Gasteiger partial charge in [0.2, 0.25) is 0 Å². The number of aliphatic imine (C=N–C) groups is 1. The Balaban J connectivity index is 0.00000264. The van der Waals surface area contributed by atoms with Gasteiger partial charge in [-0.25, -0.2) is 9.37 Å². The maximum Gasteiger partial charge on any atom is 0.193 e. The predicted octanol–water partition coefficient (Wildman–Crippen LogP) is 2.40. The van der Waals surface area contributed by atoms with Crippen molar-refractivity contribution in [3.63, 3.8) is 0 Å².